The van der Waals surface area contributed by atoms with Crippen LogP contribution in [-0.2, 0) is 13.1 Å². The minimum Gasteiger partial charge on any atom is -0.309 e. The molecule has 0 aromatic carbocycles. The molecule has 1 aromatic heterocycles. The van der Waals surface area contributed by atoms with Crippen LogP contribution < -0.4 is 5.32 Å². The maximum Gasteiger partial charge on any atom is 0.0547 e. The number of pyridine rings is 1. The molecule has 0 spiro atoms. The van der Waals surface area contributed by atoms with Gasteiger partial charge < -0.3 is 5.32 Å². The van der Waals surface area contributed by atoms with Crippen LogP contribution >= 0.6 is 0 Å². The van der Waals surface area contributed by atoms with E-state index in [9.17, 15) is 0 Å². The first-order valence-corrected chi connectivity index (χ1v) is 7.04. The molecule has 0 amide bonds. The van der Waals surface area contributed by atoms with Crippen LogP contribution in [0, 0.1) is 5.92 Å². The van der Waals surface area contributed by atoms with Crippen LogP contribution in [0.2, 0.25) is 0 Å². The van der Waals surface area contributed by atoms with Gasteiger partial charge >= 0.3 is 0 Å². The molecule has 3 heteroatoms. The van der Waals surface area contributed by atoms with Gasteiger partial charge in [-0.15, -0.1) is 0 Å². The third-order valence-corrected chi connectivity index (χ3v) is 3.45. The molecule has 1 N–H and O–H groups in total. The van der Waals surface area contributed by atoms with Crippen molar-refractivity contribution in [3.8, 4) is 0 Å². The zero-order valence-electron chi connectivity index (χ0n) is 11.8. The van der Waals surface area contributed by atoms with E-state index in [1.54, 1.807) is 0 Å². The molecule has 1 aliphatic heterocycles. The molecular weight excluding hydrogens is 222 g/mol. The summed E-state index contributed by atoms with van der Waals surface area (Å²) in [6.45, 7) is 11.0. The summed E-state index contributed by atoms with van der Waals surface area (Å²) in [6.07, 6.45) is 1.33. The third-order valence-electron chi connectivity index (χ3n) is 3.45. The number of hydrogen-bond donors (Lipinski definition) is 1. The number of aromatic nitrogens is 1. The third kappa shape index (κ3) is 4.07. The molecule has 3 nitrogen and oxygen atoms in total. The Morgan fingerprint density at radius 2 is 2.17 bits per heavy atom. The maximum atomic E-state index is 4.73. The Balaban J connectivity index is 1.90. The molecule has 0 aliphatic carbocycles. The van der Waals surface area contributed by atoms with E-state index in [0.717, 1.165) is 24.7 Å². The second kappa shape index (κ2) is 6.30. The second-order valence-electron chi connectivity index (χ2n) is 5.78. The van der Waals surface area contributed by atoms with Gasteiger partial charge in [-0.1, -0.05) is 26.8 Å². The van der Waals surface area contributed by atoms with Crippen LogP contribution in [0.1, 0.15) is 38.6 Å². The molecule has 18 heavy (non-hydrogen) atoms. The molecule has 1 atom stereocenters. The number of likely N-dealkylation sites (tertiary alicyclic amines) is 1. The molecule has 1 unspecified atom stereocenters. The van der Waals surface area contributed by atoms with Crippen molar-refractivity contribution in [3.63, 3.8) is 0 Å². The quantitative estimate of drug-likeness (QED) is 0.866. The smallest absolute Gasteiger partial charge is 0.0547 e. The summed E-state index contributed by atoms with van der Waals surface area (Å²) in [5.74, 6) is 0.843. The fourth-order valence-corrected chi connectivity index (χ4v) is 2.42. The van der Waals surface area contributed by atoms with Gasteiger partial charge in [0.1, 0.15) is 0 Å². The summed E-state index contributed by atoms with van der Waals surface area (Å²) >= 11 is 0. The monoisotopic (exact) mass is 247 g/mol. The van der Waals surface area contributed by atoms with Crippen molar-refractivity contribution in [2.24, 2.45) is 5.92 Å². The second-order valence-corrected chi connectivity index (χ2v) is 5.78. The minimum atomic E-state index is 0.509. The minimum absolute atomic E-state index is 0.509. The fraction of sp³-hybridized carbons (Fsp3) is 0.667. The average molecular weight is 247 g/mol. The lowest BCUT2D eigenvalue weighted by molar-refractivity contribution is 0.316. The van der Waals surface area contributed by atoms with E-state index in [4.69, 9.17) is 4.98 Å². The number of nitrogens with one attached hydrogen (secondary N) is 1. The summed E-state index contributed by atoms with van der Waals surface area (Å²) < 4.78 is 0. The van der Waals surface area contributed by atoms with Crippen LogP contribution in [0.3, 0.4) is 0 Å². The van der Waals surface area contributed by atoms with Gasteiger partial charge in [0.2, 0.25) is 0 Å². The van der Waals surface area contributed by atoms with Gasteiger partial charge in [-0.25, -0.2) is 0 Å². The highest BCUT2D eigenvalue weighted by atomic mass is 15.1. The Kier molecular flexibility index (Phi) is 4.72. The Hall–Kier alpha value is -0.930. The molecule has 0 radical (unpaired) electrons. The van der Waals surface area contributed by atoms with Gasteiger partial charge in [0.15, 0.2) is 0 Å². The van der Waals surface area contributed by atoms with E-state index < -0.39 is 0 Å². The maximum absolute atomic E-state index is 4.73. The molecular formula is C15H25N3. The molecule has 1 saturated heterocycles. The zero-order valence-corrected chi connectivity index (χ0v) is 11.8. The van der Waals surface area contributed by atoms with Crippen molar-refractivity contribution in [1.82, 2.24) is 15.2 Å². The van der Waals surface area contributed by atoms with Crippen LogP contribution in [0.15, 0.2) is 18.2 Å². The predicted octanol–water partition coefficient (Wildman–Crippen LogP) is 2.42. The van der Waals surface area contributed by atoms with Crippen LogP contribution in [0.4, 0.5) is 0 Å². The van der Waals surface area contributed by atoms with Gasteiger partial charge in [-0.05, 0) is 31.0 Å². The van der Waals surface area contributed by atoms with Crippen molar-refractivity contribution in [2.75, 3.05) is 13.1 Å². The van der Waals surface area contributed by atoms with E-state index in [1.165, 1.54) is 25.2 Å². The summed E-state index contributed by atoms with van der Waals surface area (Å²) in [5, 5.41) is 3.41. The fourth-order valence-electron chi connectivity index (χ4n) is 2.42. The Bertz CT molecular complexity index is 376. The van der Waals surface area contributed by atoms with Crippen molar-refractivity contribution >= 4 is 0 Å². The van der Waals surface area contributed by atoms with E-state index in [-0.39, 0.29) is 0 Å². The number of nitrogens with zero attached hydrogens (tertiary/aromatic N) is 2. The molecule has 100 valence electrons. The number of rotatable bonds is 5. The molecule has 0 saturated carbocycles. The molecule has 1 aromatic rings. The lowest BCUT2D eigenvalue weighted by atomic mass is 10.2. The average Bonchev–Trinajstić information content (AvgIpc) is 2.73. The SMILES string of the molecule is CC1CCN(Cc2cccc(CNC(C)C)n2)C1. The highest BCUT2D eigenvalue weighted by Gasteiger charge is 2.18. The Morgan fingerprint density at radius 3 is 2.83 bits per heavy atom. The van der Waals surface area contributed by atoms with E-state index in [2.05, 4.69) is 49.2 Å². The molecule has 1 aliphatic rings. The standard InChI is InChI=1S/C15H25N3/c1-12(2)16-9-14-5-4-6-15(17-14)11-18-8-7-13(3)10-18/h4-6,12-13,16H,7-11H2,1-3H3. The highest BCUT2D eigenvalue weighted by molar-refractivity contribution is 5.11. The first kappa shape index (κ1) is 13.5. The van der Waals surface area contributed by atoms with Crippen LogP contribution in [0.25, 0.3) is 0 Å². The summed E-state index contributed by atoms with van der Waals surface area (Å²) in [4.78, 5) is 7.24. The summed E-state index contributed by atoms with van der Waals surface area (Å²) in [7, 11) is 0. The van der Waals surface area contributed by atoms with Crippen molar-refractivity contribution in [1.29, 1.82) is 0 Å². The van der Waals surface area contributed by atoms with Gasteiger partial charge in [-0.3, -0.25) is 9.88 Å². The predicted molar refractivity (Wildman–Crippen MR) is 75.3 cm³/mol. The van der Waals surface area contributed by atoms with Crippen LogP contribution in [-0.4, -0.2) is 29.0 Å². The Labute approximate surface area is 111 Å². The van der Waals surface area contributed by atoms with E-state index in [1.807, 2.05) is 0 Å². The topological polar surface area (TPSA) is 28.2 Å². The van der Waals surface area contributed by atoms with E-state index >= 15 is 0 Å². The summed E-state index contributed by atoms with van der Waals surface area (Å²) in [5.41, 5.74) is 2.35. The molecule has 2 heterocycles. The molecule has 1 fully saturated rings. The van der Waals surface area contributed by atoms with Gasteiger partial charge in [-0.2, -0.15) is 0 Å². The first-order valence-electron chi connectivity index (χ1n) is 7.04. The lowest BCUT2D eigenvalue weighted by Crippen LogP contribution is -2.23. The normalized spacial score (nSPS) is 20.8. The number of hydrogen-bond acceptors (Lipinski definition) is 3. The van der Waals surface area contributed by atoms with Gasteiger partial charge in [0.25, 0.3) is 0 Å². The van der Waals surface area contributed by atoms with Crippen molar-refractivity contribution in [2.45, 2.75) is 46.3 Å². The van der Waals surface area contributed by atoms with Crippen LogP contribution in [0.5, 0.6) is 0 Å². The highest BCUT2D eigenvalue weighted by Crippen LogP contribution is 2.17. The van der Waals surface area contributed by atoms with Crippen molar-refractivity contribution < 1.29 is 0 Å². The summed E-state index contributed by atoms with van der Waals surface area (Å²) in [6, 6.07) is 6.88. The van der Waals surface area contributed by atoms with E-state index in [0.29, 0.717) is 6.04 Å². The first-order chi connectivity index (χ1) is 8.63. The molecule has 0 bridgehead atoms. The van der Waals surface area contributed by atoms with Gasteiger partial charge in [0.05, 0.1) is 11.4 Å². The largest absolute Gasteiger partial charge is 0.309 e. The lowest BCUT2D eigenvalue weighted by Gasteiger charge is -2.15. The van der Waals surface area contributed by atoms with Gasteiger partial charge in [0, 0.05) is 25.7 Å². The zero-order chi connectivity index (χ0) is 13.0. The Morgan fingerprint density at radius 1 is 1.39 bits per heavy atom. The molecule has 2 rings (SSSR count). The van der Waals surface area contributed by atoms with Crippen molar-refractivity contribution in [3.05, 3.63) is 29.6 Å².